The minimum atomic E-state index is -3.86. The van der Waals surface area contributed by atoms with Crippen LogP contribution in [0.2, 0.25) is 0 Å². The van der Waals surface area contributed by atoms with Gasteiger partial charge >= 0.3 is 5.69 Å². The molecule has 1 saturated heterocycles. The van der Waals surface area contributed by atoms with E-state index in [-0.39, 0.29) is 4.90 Å². The van der Waals surface area contributed by atoms with Gasteiger partial charge in [0.05, 0.1) is 0 Å². The highest BCUT2D eigenvalue weighted by atomic mass is 32.2. The molecular formula is C13H21N3O4S. The lowest BCUT2D eigenvalue weighted by Gasteiger charge is -2.20. The molecule has 1 aliphatic heterocycles. The molecule has 1 aromatic rings. The summed E-state index contributed by atoms with van der Waals surface area (Å²) in [5, 5.41) is 0. The molecule has 21 heavy (non-hydrogen) atoms. The highest BCUT2D eigenvalue weighted by molar-refractivity contribution is 7.89. The molecule has 0 N–H and O–H groups in total. The summed E-state index contributed by atoms with van der Waals surface area (Å²) >= 11 is 0. The van der Waals surface area contributed by atoms with Crippen molar-refractivity contribution in [3.05, 3.63) is 27.0 Å². The molecule has 8 heteroatoms. The van der Waals surface area contributed by atoms with Crippen molar-refractivity contribution in [1.82, 2.24) is 13.4 Å². The number of nitrogens with zero attached hydrogens (tertiary/aromatic N) is 3. The third kappa shape index (κ3) is 2.96. The first kappa shape index (κ1) is 16.0. The first-order chi connectivity index (χ1) is 9.75. The Kier molecular flexibility index (Phi) is 4.38. The largest absolute Gasteiger partial charge is 0.330 e. The van der Waals surface area contributed by atoms with Gasteiger partial charge in [-0.1, -0.05) is 6.92 Å². The van der Waals surface area contributed by atoms with Crippen LogP contribution in [0.5, 0.6) is 0 Å². The molecule has 2 rings (SSSR count). The second-order valence-electron chi connectivity index (χ2n) is 5.69. The van der Waals surface area contributed by atoms with Crippen LogP contribution >= 0.6 is 0 Å². The zero-order valence-electron chi connectivity index (χ0n) is 12.6. The lowest BCUT2D eigenvalue weighted by atomic mass is 10.0. The molecule has 0 bridgehead atoms. The van der Waals surface area contributed by atoms with E-state index in [1.165, 1.54) is 18.4 Å². The fourth-order valence-electron chi connectivity index (χ4n) is 2.57. The van der Waals surface area contributed by atoms with Crippen molar-refractivity contribution in [2.24, 2.45) is 20.0 Å². The van der Waals surface area contributed by atoms with Crippen molar-refractivity contribution in [2.45, 2.75) is 31.1 Å². The summed E-state index contributed by atoms with van der Waals surface area (Å²) in [5.74, 6) is 0.480. The molecular weight excluding hydrogens is 294 g/mol. The van der Waals surface area contributed by atoms with Crippen molar-refractivity contribution in [3.8, 4) is 0 Å². The number of hydrogen-bond acceptors (Lipinski definition) is 4. The van der Waals surface area contributed by atoms with E-state index in [1.807, 2.05) is 0 Å². The van der Waals surface area contributed by atoms with Crippen LogP contribution in [0.3, 0.4) is 0 Å². The van der Waals surface area contributed by atoms with Gasteiger partial charge in [0.1, 0.15) is 0 Å². The van der Waals surface area contributed by atoms with Gasteiger partial charge < -0.3 is 4.57 Å². The van der Waals surface area contributed by atoms with Gasteiger partial charge in [0, 0.05) is 33.4 Å². The normalized spacial score (nSPS) is 21.2. The predicted octanol–water partition coefficient (Wildman–Crippen LogP) is -0.105. The quantitative estimate of drug-likeness (QED) is 0.763. The Balaban J connectivity index is 2.50. The van der Waals surface area contributed by atoms with Crippen LogP contribution in [0.15, 0.2) is 20.7 Å². The van der Waals surface area contributed by atoms with Crippen LogP contribution in [-0.2, 0) is 24.1 Å². The van der Waals surface area contributed by atoms with Crippen LogP contribution in [0.1, 0.15) is 26.2 Å². The topological polar surface area (TPSA) is 81.4 Å². The van der Waals surface area contributed by atoms with Crippen molar-refractivity contribution in [1.29, 1.82) is 0 Å². The zero-order chi connectivity index (χ0) is 15.8. The Morgan fingerprint density at radius 1 is 1.14 bits per heavy atom. The van der Waals surface area contributed by atoms with Gasteiger partial charge in [0.2, 0.25) is 10.0 Å². The molecule has 118 valence electrons. The summed E-state index contributed by atoms with van der Waals surface area (Å²) in [6.07, 6.45) is 3.67. The Hall–Kier alpha value is -1.41. The van der Waals surface area contributed by atoms with Gasteiger partial charge in [-0.15, -0.1) is 0 Å². The summed E-state index contributed by atoms with van der Waals surface area (Å²) in [6, 6.07) is 0. The van der Waals surface area contributed by atoms with Gasteiger partial charge in [0.15, 0.2) is 4.90 Å². The third-order valence-electron chi connectivity index (χ3n) is 4.01. The maximum Gasteiger partial charge on any atom is 0.330 e. The SMILES string of the molecule is CC1CCCN(S(=O)(=O)c2cn(C)c(=O)n(C)c2=O)CC1. The summed E-state index contributed by atoms with van der Waals surface area (Å²) in [4.78, 5) is 23.5. The smallest absolute Gasteiger partial charge is 0.302 e. The average Bonchev–Trinajstić information content (AvgIpc) is 2.65. The Morgan fingerprint density at radius 2 is 1.81 bits per heavy atom. The molecule has 7 nitrogen and oxygen atoms in total. The minimum absolute atomic E-state index is 0.332. The van der Waals surface area contributed by atoms with Gasteiger partial charge in [-0.25, -0.2) is 13.2 Å². The van der Waals surface area contributed by atoms with E-state index in [1.54, 1.807) is 0 Å². The Bertz CT molecular complexity index is 748. The standard InChI is InChI=1S/C13H21N3O4S/c1-10-5-4-7-16(8-6-10)21(19,20)11-9-14(2)13(18)15(3)12(11)17/h9-10H,4-8H2,1-3H3. The van der Waals surface area contributed by atoms with Crippen molar-refractivity contribution in [2.75, 3.05) is 13.1 Å². The summed E-state index contributed by atoms with van der Waals surface area (Å²) < 4.78 is 28.7. The van der Waals surface area contributed by atoms with E-state index in [0.717, 1.165) is 34.6 Å². The highest BCUT2D eigenvalue weighted by Gasteiger charge is 2.30. The number of aromatic nitrogens is 2. The molecule has 0 aromatic carbocycles. The molecule has 0 spiro atoms. The van der Waals surface area contributed by atoms with Crippen LogP contribution < -0.4 is 11.2 Å². The molecule has 1 aromatic heterocycles. The maximum atomic E-state index is 12.7. The second kappa shape index (κ2) is 5.76. The number of hydrogen-bond donors (Lipinski definition) is 0. The Morgan fingerprint density at radius 3 is 2.48 bits per heavy atom. The van der Waals surface area contributed by atoms with Crippen molar-refractivity contribution < 1.29 is 8.42 Å². The predicted molar refractivity (Wildman–Crippen MR) is 78.7 cm³/mol. The van der Waals surface area contributed by atoms with E-state index in [9.17, 15) is 18.0 Å². The van der Waals surface area contributed by atoms with Crippen LogP contribution in [0, 0.1) is 5.92 Å². The first-order valence-electron chi connectivity index (χ1n) is 7.02. The van der Waals surface area contributed by atoms with Gasteiger partial charge in [-0.3, -0.25) is 9.36 Å². The van der Waals surface area contributed by atoms with E-state index in [4.69, 9.17) is 0 Å². The van der Waals surface area contributed by atoms with Crippen LogP contribution in [-0.4, -0.2) is 34.9 Å². The summed E-state index contributed by atoms with van der Waals surface area (Å²) in [6.45, 7) is 2.93. The molecule has 0 radical (unpaired) electrons. The van der Waals surface area contributed by atoms with Gasteiger partial charge in [0.25, 0.3) is 5.56 Å². The lowest BCUT2D eigenvalue weighted by Crippen LogP contribution is -2.43. The molecule has 2 heterocycles. The average molecular weight is 315 g/mol. The first-order valence-corrected chi connectivity index (χ1v) is 8.46. The number of sulfonamides is 1. The van der Waals surface area contributed by atoms with E-state index in [0.29, 0.717) is 19.0 Å². The molecule has 1 unspecified atom stereocenters. The molecule has 0 saturated carbocycles. The summed E-state index contributed by atoms with van der Waals surface area (Å²) in [5.41, 5.74) is -1.31. The maximum absolute atomic E-state index is 12.7. The van der Waals surface area contributed by atoms with Crippen LogP contribution in [0.4, 0.5) is 0 Å². The van der Waals surface area contributed by atoms with E-state index >= 15 is 0 Å². The molecule has 1 atom stereocenters. The van der Waals surface area contributed by atoms with E-state index in [2.05, 4.69) is 6.92 Å². The molecule has 1 aliphatic rings. The van der Waals surface area contributed by atoms with Crippen molar-refractivity contribution >= 4 is 10.0 Å². The second-order valence-corrected chi connectivity index (χ2v) is 7.60. The van der Waals surface area contributed by atoms with E-state index < -0.39 is 21.3 Å². The molecule has 1 fully saturated rings. The van der Waals surface area contributed by atoms with Gasteiger partial charge in [-0.2, -0.15) is 4.31 Å². The fraction of sp³-hybridized carbons (Fsp3) is 0.692. The number of aryl methyl sites for hydroxylation is 1. The van der Waals surface area contributed by atoms with Crippen LogP contribution in [0.25, 0.3) is 0 Å². The highest BCUT2D eigenvalue weighted by Crippen LogP contribution is 2.21. The Labute approximate surface area is 123 Å². The van der Waals surface area contributed by atoms with Gasteiger partial charge in [-0.05, 0) is 25.2 Å². The summed E-state index contributed by atoms with van der Waals surface area (Å²) in [7, 11) is -1.14. The third-order valence-corrected chi connectivity index (χ3v) is 5.89. The monoisotopic (exact) mass is 315 g/mol. The lowest BCUT2D eigenvalue weighted by molar-refractivity contribution is 0.414. The molecule has 0 amide bonds. The fourth-order valence-corrected chi connectivity index (χ4v) is 4.21. The zero-order valence-corrected chi connectivity index (χ0v) is 13.4. The minimum Gasteiger partial charge on any atom is -0.302 e. The number of rotatable bonds is 2. The van der Waals surface area contributed by atoms with Crippen molar-refractivity contribution in [3.63, 3.8) is 0 Å². The molecule has 0 aliphatic carbocycles.